The molecule has 0 unspecified atom stereocenters. The third-order valence-corrected chi connectivity index (χ3v) is 4.97. The van der Waals surface area contributed by atoms with Crippen LogP contribution in [0.2, 0.25) is 0 Å². The number of methoxy groups -OCH3 is 4. The van der Waals surface area contributed by atoms with Crippen LogP contribution in [0.15, 0.2) is 47.7 Å². The molecule has 0 saturated heterocycles. The zero-order chi connectivity index (χ0) is 22.2. The zero-order valence-electron chi connectivity index (χ0n) is 19.2. The Hall–Kier alpha value is -1.71. The number of hydrogen-bond donors (Lipinski definition) is 0. The third kappa shape index (κ3) is 11.8. The van der Waals surface area contributed by atoms with Gasteiger partial charge in [-0.15, -0.1) is 6.58 Å². The van der Waals surface area contributed by atoms with Crippen molar-refractivity contribution in [3.05, 3.63) is 59.1 Å². The molecule has 0 aliphatic heterocycles. The Labute approximate surface area is 177 Å². The molecule has 0 aliphatic carbocycles. The predicted molar refractivity (Wildman–Crippen MR) is 120 cm³/mol. The van der Waals surface area contributed by atoms with Crippen LogP contribution in [0.25, 0.3) is 4.85 Å². The standard InChI is InChI=1S/C24H39NO4/c1-10-11-21(26-6)15-22(27-7)16-23(28-8)17-24(29-9)19(3)14-18(2)12-13-20(4)25-5/h10,12-14,21-24H,1,11,15-17H2,2-4,6-9H3/b18-12+,19-14+,20-13+/t21-,22-,23-,24-/m0/s1. The van der Waals surface area contributed by atoms with Gasteiger partial charge in [-0.05, 0) is 39.2 Å². The van der Waals surface area contributed by atoms with Crippen LogP contribution < -0.4 is 0 Å². The first-order valence-corrected chi connectivity index (χ1v) is 9.97. The van der Waals surface area contributed by atoms with Gasteiger partial charge in [0.15, 0.2) is 5.70 Å². The van der Waals surface area contributed by atoms with E-state index in [2.05, 4.69) is 24.4 Å². The SMILES string of the molecule is [C-]#[N+]/C(C)=C/C=C(C)/C=C(\C)[C@H](C[C@H](C[C@H](C[C@H](CC=C)OC)OC)OC)OC. The van der Waals surface area contributed by atoms with Gasteiger partial charge in [-0.3, -0.25) is 0 Å². The molecule has 0 aliphatic rings. The molecule has 0 bridgehead atoms. The molecule has 0 aromatic heterocycles. The highest BCUT2D eigenvalue weighted by molar-refractivity contribution is 5.28. The predicted octanol–water partition coefficient (Wildman–Crippen LogP) is 5.51. The number of hydrogen-bond acceptors (Lipinski definition) is 4. The van der Waals surface area contributed by atoms with Gasteiger partial charge >= 0.3 is 0 Å². The summed E-state index contributed by atoms with van der Waals surface area (Å²) in [5, 5.41) is 0. The summed E-state index contributed by atoms with van der Waals surface area (Å²) in [5.74, 6) is 0. The highest BCUT2D eigenvalue weighted by Crippen LogP contribution is 2.22. The Morgan fingerprint density at radius 3 is 1.90 bits per heavy atom. The summed E-state index contributed by atoms with van der Waals surface area (Å²) < 4.78 is 22.7. The Balaban J connectivity index is 5.10. The summed E-state index contributed by atoms with van der Waals surface area (Å²) in [4.78, 5) is 3.39. The highest BCUT2D eigenvalue weighted by Gasteiger charge is 2.23. The van der Waals surface area contributed by atoms with Crippen LogP contribution >= 0.6 is 0 Å². The van der Waals surface area contributed by atoms with E-state index in [-0.39, 0.29) is 24.4 Å². The normalized spacial score (nSPS) is 17.4. The van der Waals surface area contributed by atoms with Crippen LogP contribution in [0.4, 0.5) is 0 Å². The van der Waals surface area contributed by atoms with Gasteiger partial charge in [0.1, 0.15) is 0 Å². The van der Waals surface area contributed by atoms with Crippen molar-refractivity contribution in [2.75, 3.05) is 28.4 Å². The van der Waals surface area contributed by atoms with Crippen LogP contribution in [0.1, 0.15) is 46.5 Å². The molecular formula is C24H39NO4. The molecule has 0 fully saturated rings. The Bertz CT molecular complexity index is 600. The summed E-state index contributed by atoms with van der Waals surface area (Å²) in [6, 6.07) is 0. The molecule has 5 heteroatoms. The topological polar surface area (TPSA) is 41.3 Å². The van der Waals surface area contributed by atoms with E-state index in [1.807, 2.05) is 25.2 Å². The maximum Gasteiger partial charge on any atom is 0.162 e. The number of rotatable bonds is 15. The fourth-order valence-electron chi connectivity index (χ4n) is 3.13. The van der Waals surface area contributed by atoms with Crippen LogP contribution in [0.3, 0.4) is 0 Å². The van der Waals surface area contributed by atoms with Crippen LogP contribution in [-0.4, -0.2) is 52.9 Å². The molecule has 29 heavy (non-hydrogen) atoms. The molecule has 164 valence electrons. The number of ether oxygens (including phenoxy) is 4. The summed E-state index contributed by atoms with van der Waals surface area (Å²) in [7, 11) is 6.89. The van der Waals surface area contributed by atoms with Gasteiger partial charge in [-0.2, -0.15) is 0 Å². The Kier molecular flexibility index (Phi) is 15.2. The minimum atomic E-state index is -0.0573. The zero-order valence-corrected chi connectivity index (χ0v) is 19.2. The lowest BCUT2D eigenvalue weighted by Gasteiger charge is -2.27. The van der Waals surface area contributed by atoms with Crippen molar-refractivity contribution in [2.24, 2.45) is 0 Å². The van der Waals surface area contributed by atoms with E-state index in [1.54, 1.807) is 35.4 Å². The summed E-state index contributed by atoms with van der Waals surface area (Å²) in [5.41, 5.74) is 2.85. The second kappa shape index (κ2) is 16.1. The molecule has 0 N–H and O–H groups in total. The van der Waals surface area contributed by atoms with Crippen molar-refractivity contribution in [3.63, 3.8) is 0 Å². The summed E-state index contributed by atoms with van der Waals surface area (Å²) >= 11 is 0. The van der Waals surface area contributed by atoms with E-state index in [0.29, 0.717) is 5.70 Å². The first-order chi connectivity index (χ1) is 13.8. The summed E-state index contributed by atoms with van der Waals surface area (Å²) in [6.07, 6.45) is 10.9. The average Bonchev–Trinajstić information content (AvgIpc) is 2.73. The molecule has 0 spiro atoms. The van der Waals surface area contributed by atoms with Gasteiger partial charge in [-0.25, -0.2) is 4.85 Å². The smallest absolute Gasteiger partial charge is 0.162 e. The van der Waals surface area contributed by atoms with Gasteiger partial charge < -0.3 is 18.9 Å². The quantitative estimate of drug-likeness (QED) is 0.205. The Morgan fingerprint density at radius 1 is 0.862 bits per heavy atom. The first kappa shape index (κ1) is 27.3. The van der Waals surface area contributed by atoms with E-state index in [1.165, 1.54) is 0 Å². The van der Waals surface area contributed by atoms with E-state index < -0.39 is 0 Å². The van der Waals surface area contributed by atoms with Crippen molar-refractivity contribution >= 4 is 0 Å². The van der Waals surface area contributed by atoms with Crippen molar-refractivity contribution in [1.29, 1.82) is 0 Å². The fraction of sp³-hybridized carbons (Fsp3) is 0.625. The third-order valence-electron chi connectivity index (χ3n) is 4.97. The minimum absolute atomic E-state index is 0.00280. The molecule has 5 nitrogen and oxygen atoms in total. The van der Waals surface area contributed by atoms with Crippen LogP contribution in [0.5, 0.6) is 0 Å². The van der Waals surface area contributed by atoms with E-state index in [9.17, 15) is 0 Å². The van der Waals surface area contributed by atoms with Gasteiger partial charge in [0.25, 0.3) is 0 Å². The van der Waals surface area contributed by atoms with Crippen molar-refractivity contribution < 1.29 is 18.9 Å². The van der Waals surface area contributed by atoms with Crippen molar-refractivity contribution in [1.82, 2.24) is 0 Å². The molecular weight excluding hydrogens is 366 g/mol. The molecule has 0 amide bonds. The fourth-order valence-corrected chi connectivity index (χ4v) is 3.13. The summed E-state index contributed by atoms with van der Waals surface area (Å²) in [6.45, 7) is 16.7. The molecule has 4 atom stereocenters. The second-order valence-corrected chi connectivity index (χ2v) is 7.25. The molecule has 0 rings (SSSR count). The largest absolute Gasteiger partial charge is 0.381 e. The molecule has 0 heterocycles. The molecule has 0 radical (unpaired) electrons. The van der Waals surface area contributed by atoms with Crippen LogP contribution in [-0.2, 0) is 18.9 Å². The van der Waals surface area contributed by atoms with E-state index in [0.717, 1.165) is 36.8 Å². The van der Waals surface area contributed by atoms with E-state index >= 15 is 0 Å². The molecule has 0 saturated carbocycles. The molecule has 0 aromatic rings. The van der Waals surface area contributed by atoms with Gasteiger partial charge in [0, 0.05) is 41.3 Å². The first-order valence-electron chi connectivity index (χ1n) is 9.97. The maximum absolute atomic E-state index is 7.00. The van der Waals surface area contributed by atoms with Gasteiger partial charge in [0.05, 0.1) is 31.0 Å². The van der Waals surface area contributed by atoms with Crippen molar-refractivity contribution in [3.8, 4) is 0 Å². The monoisotopic (exact) mass is 405 g/mol. The van der Waals surface area contributed by atoms with Gasteiger partial charge in [0.2, 0.25) is 0 Å². The van der Waals surface area contributed by atoms with Gasteiger partial charge in [-0.1, -0.05) is 29.9 Å². The van der Waals surface area contributed by atoms with E-state index in [4.69, 9.17) is 25.5 Å². The second-order valence-electron chi connectivity index (χ2n) is 7.25. The molecule has 0 aromatic carbocycles. The number of nitrogens with zero attached hydrogens (tertiary/aromatic N) is 1. The Morgan fingerprint density at radius 2 is 1.41 bits per heavy atom. The lowest BCUT2D eigenvalue weighted by atomic mass is 9.96. The maximum atomic E-state index is 7.00. The average molecular weight is 406 g/mol. The lowest BCUT2D eigenvalue weighted by Crippen LogP contribution is -2.30. The van der Waals surface area contributed by atoms with Crippen LogP contribution in [0, 0.1) is 6.57 Å². The van der Waals surface area contributed by atoms with Crippen molar-refractivity contribution in [2.45, 2.75) is 70.9 Å². The minimum Gasteiger partial charge on any atom is -0.381 e. The highest BCUT2D eigenvalue weighted by atomic mass is 16.5. The number of allylic oxidation sites excluding steroid dienone is 5. The lowest BCUT2D eigenvalue weighted by molar-refractivity contribution is -0.0263.